The lowest BCUT2D eigenvalue weighted by molar-refractivity contribution is 0.0497. The summed E-state index contributed by atoms with van der Waals surface area (Å²) in [6.45, 7) is 7.07. The first-order chi connectivity index (χ1) is 8.46. The minimum absolute atomic E-state index is 0.568. The maximum atomic E-state index is 10.0. The summed E-state index contributed by atoms with van der Waals surface area (Å²) in [6, 6.07) is 3.81. The molecule has 0 aromatic carbocycles. The van der Waals surface area contributed by atoms with Crippen LogP contribution in [0.5, 0.6) is 5.75 Å². The molecule has 4 nitrogen and oxygen atoms in total. The van der Waals surface area contributed by atoms with Gasteiger partial charge in [0.2, 0.25) is 0 Å². The molecule has 0 amide bonds. The third kappa shape index (κ3) is 5.02. The van der Waals surface area contributed by atoms with Crippen molar-refractivity contribution < 1.29 is 9.84 Å². The van der Waals surface area contributed by atoms with Crippen LogP contribution >= 0.6 is 0 Å². The molecular weight excluding hydrogens is 228 g/mol. The highest BCUT2D eigenvalue weighted by molar-refractivity contribution is 5.26. The second-order valence-electron chi connectivity index (χ2n) is 4.99. The van der Waals surface area contributed by atoms with Crippen LogP contribution in [0.4, 0.5) is 0 Å². The van der Waals surface area contributed by atoms with Gasteiger partial charge in [0, 0.05) is 30.9 Å². The SMILES string of the molecule is CCCC(C)(O)CNCc1cc(OC)cc(C)n1. The monoisotopic (exact) mass is 252 g/mol. The van der Waals surface area contributed by atoms with E-state index in [2.05, 4.69) is 17.2 Å². The molecule has 0 saturated heterocycles. The van der Waals surface area contributed by atoms with Crippen LogP contribution < -0.4 is 10.1 Å². The molecule has 0 fully saturated rings. The quantitative estimate of drug-likeness (QED) is 0.779. The van der Waals surface area contributed by atoms with Gasteiger partial charge in [-0.25, -0.2) is 0 Å². The summed E-state index contributed by atoms with van der Waals surface area (Å²) in [5.41, 5.74) is 1.22. The molecule has 1 unspecified atom stereocenters. The number of hydrogen-bond acceptors (Lipinski definition) is 4. The Kier molecular flexibility index (Phi) is 5.56. The van der Waals surface area contributed by atoms with E-state index in [0.717, 1.165) is 30.0 Å². The minimum atomic E-state index is -0.650. The summed E-state index contributed by atoms with van der Waals surface area (Å²) < 4.78 is 5.20. The van der Waals surface area contributed by atoms with Gasteiger partial charge >= 0.3 is 0 Å². The Morgan fingerprint density at radius 1 is 1.44 bits per heavy atom. The van der Waals surface area contributed by atoms with E-state index in [-0.39, 0.29) is 0 Å². The minimum Gasteiger partial charge on any atom is -0.497 e. The lowest BCUT2D eigenvalue weighted by atomic mass is 10.0. The van der Waals surface area contributed by atoms with Gasteiger partial charge in [0.25, 0.3) is 0 Å². The average Bonchev–Trinajstić information content (AvgIpc) is 2.27. The second-order valence-corrected chi connectivity index (χ2v) is 4.99. The van der Waals surface area contributed by atoms with Crippen molar-refractivity contribution in [2.45, 2.75) is 45.8 Å². The Hall–Kier alpha value is -1.13. The average molecular weight is 252 g/mol. The molecule has 4 heteroatoms. The van der Waals surface area contributed by atoms with Crippen molar-refractivity contribution >= 4 is 0 Å². The summed E-state index contributed by atoms with van der Waals surface area (Å²) in [6.07, 6.45) is 1.77. The number of aryl methyl sites for hydroxylation is 1. The van der Waals surface area contributed by atoms with Crippen molar-refractivity contribution in [3.8, 4) is 5.75 Å². The maximum absolute atomic E-state index is 10.0. The Morgan fingerprint density at radius 3 is 2.78 bits per heavy atom. The molecule has 0 aliphatic heterocycles. The first kappa shape index (κ1) is 14.9. The smallest absolute Gasteiger partial charge is 0.122 e. The van der Waals surface area contributed by atoms with Crippen molar-refractivity contribution in [3.63, 3.8) is 0 Å². The standard InChI is InChI=1S/C14H24N2O2/c1-5-6-14(3,17)10-15-9-12-8-13(18-4)7-11(2)16-12/h7-8,15,17H,5-6,9-10H2,1-4H3. The van der Waals surface area contributed by atoms with E-state index in [1.807, 2.05) is 26.0 Å². The van der Waals surface area contributed by atoms with Gasteiger partial charge in [-0.3, -0.25) is 4.98 Å². The van der Waals surface area contributed by atoms with E-state index in [1.165, 1.54) is 0 Å². The largest absolute Gasteiger partial charge is 0.497 e. The number of aliphatic hydroxyl groups is 1. The molecule has 1 heterocycles. The predicted octanol–water partition coefficient (Wildman–Crippen LogP) is 2.04. The summed E-state index contributed by atoms with van der Waals surface area (Å²) >= 11 is 0. The Labute approximate surface area is 109 Å². The number of methoxy groups -OCH3 is 1. The van der Waals surface area contributed by atoms with Gasteiger partial charge < -0.3 is 15.2 Å². The topological polar surface area (TPSA) is 54.4 Å². The van der Waals surface area contributed by atoms with Gasteiger partial charge in [0.1, 0.15) is 5.75 Å². The van der Waals surface area contributed by atoms with Crippen molar-refractivity contribution in [1.29, 1.82) is 0 Å². The zero-order valence-electron chi connectivity index (χ0n) is 11.8. The molecule has 18 heavy (non-hydrogen) atoms. The van der Waals surface area contributed by atoms with Crippen molar-refractivity contribution in [3.05, 3.63) is 23.5 Å². The second kappa shape index (κ2) is 6.71. The molecule has 2 N–H and O–H groups in total. The Bertz CT molecular complexity index is 378. The van der Waals surface area contributed by atoms with Crippen LogP contribution in [0.3, 0.4) is 0 Å². The molecule has 1 atom stereocenters. The highest BCUT2D eigenvalue weighted by Crippen LogP contribution is 2.14. The molecule has 0 aliphatic carbocycles. The normalized spacial score (nSPS) is 14.3. The number of aromatic nitrogens is 1. The molecule has 1 rings (SSSR count). The zero-order valence-corrected chi connectivity index (χ0v) is 11.8. The van der Waals surface area contributed by atoms with Crippen LogP contribution in [0.25, 0.3) is 0 Å². The summed E-state index contributed by atoms with van der Waals surface area (Å²) in [7, 11) is 1.65. The summed E-state index contributed by atoms with van der Waals surface area (Å²) in [5.74, 6) is 0.819. The van der Waals surface area contributed by atoms with Crippen molar-refractivity contribution in [2.75, 3.05) is 13.7 Å². The molecule has 0 saturated carbocycles. The fourth-order valence-corrected chi connectivity index (χ4v) is 2.00. The highest BCUT2D eigenvalue weighted by Gasteiger charge is 2.18. The predicted molar refractivity (Wildman–Crippen MR) is 72.8 cm³/mol. The fraction of sp³-hybridized carbons (Fsp3) is 0.643. The van der Waals surface area contributed by atoms with Gasteiger partial charge in [-0.1, -0.05) is 13.3 Å². The zero-order chi connectivity index (χ0) is 13.6. The van der Waals surface area contributed by atoms with Gasteiger partial charge in [-0.2, -0.15) is 0 Å². The van der Waals surface area contributed by atoms with Crippen LogP contribution in [0.15, 0.2) is 12.1 Å². The molecular formula is C14H24N2O2. The van der Waals surface area contributed by atoms with E-state index >= 15 is 0 Å². The molecule has 0 radical (unpaired) electrons. The van der Waals surface area contributed by atoms with Gasteiger partial charge in [0.05, 0.1) is 18.4 Å². The van der Waals surface area contributed by atoms with Crippen molar-refractivity contribution in [1.82, 2.24) is 10.3 Å². The lowest BCUT2D eigenvalue weighted by Gasteiger charge is -2.23. The highest BCUT2D eigenvalue weighted by atomic mass is 16.5. The van der Waals surface area contributed by atoms with Crippen LogP contribution in [0, 0.1) is 6.92 Å². The fourth-order valence-electron chi connectivity index (χ4n) is 2.00. The third-order valence-corrected chi connectivity index (χ3v) is 2.82. The van der Waals surface area contributed by atoms with E-state index in [1.54, 1.807) is 7.11 Å². The third-order valence-electron chi connectivity index (χ3n) is 2.82. The molecule has 102 valence electrons. The van der Waals surface area contributed by atoms with E-state index in [0.29, 0.717) is 13.1 Å². The van der Waals surface area contributed by atoms with Crippen molar-refractivity contribution in [2.24, 2.45) is 0 Å². The Balaban J connectivity index is 2.51. The first-order valence-corrected chi connectivity index (χ1v) is 6.41. The van der Waals surface area contributed by atoms with Gasteiger partial charge in [-0.15, -0.1) is 0 Å². The molecule has 0 spiro atoms. The summed E-state index contributed by atoms with van der Waals surface area (Å²) in [4.78, 5) is 4.42. The number of ether oxygens (including phenoxy) is 1. The Morgan fingerprint density at radius 2 is 2.17 bits per heavy atom. The van der Waals surface area contributed by atoms with Gasteiger partial charge in [0.15, 0.2) is 0 Å². The van der Waals surface area contributed by atoms with E-state index < -0.39 is 5.60 Å². The van der Waals surface area contributed by atoms with Crippen LogP contribution in [-0.4, -0.2) is 29.3 Å². The number of rotatable bonds is 7. The van der Waals surface area contributed by atoms with E-state index in [4.69, 9.17) is 4.74 Å². The van der Waals surface area contributed by atoms with Crippen LogP contribution in [0.2, 0.25) is 0 Å². The molecule has 1 aromatic rings. The molecule has 0 aliphatic rings. The van der Waals surface area contributed by atoms with E-state index in [9.17, 15) is 5.11 Å². The van der Waals surface area contributed by atoms with Gasteiger partial charge in [-0.05, 0) is 20.3 Å². The first-order valence-electron chi connectivity index (χ1n) is 6.41. The number of hydrogen-bond donors (Lipinski definition) is 2. The molecule has 0 bridgehead atoms. The van der Waals surface area contributed by atoms with Crippen LogP contribution in [0.1, 0.15) is 38.1 Å². The number of nitrogens with one attached hydrogen (secondary N) is 1. The maximum Gasteiger partial charge on any atom is 0.122 e. The summed E-state index contributed by atoms with van der Waals surface area (Å²) in [5, 5.41) is 13.3. The lowest BCUT2D eigenvalue weighted by Crippen LogP contribution is -2.37. The molecule has 1 aromatic heterocycles. The number of nitrogens with zero attached hydrogens (tertiary/aromatic N) is 1. The van der Waals surface area contributed by atoms with Crippen LogP contribution in [-0.2, 0) is 6.54 Å². The number of pyridine rings is 1.